The fourth-order valence-corrected chi connectivity index (χ4v) is 2.07. The standard InChI is InChI=1S/C16H15NO4/c1-10-9-12(11-7-5-4-6-8-11)13(15(18)20-2)14(17-10)16(19)21-3/h4-9H,1-3H3. The Bertz CT molecular complexity index is 680. The molecule has 0 unspecified atom stereocenters. The Labute approximate surface area is 122 Å². The summed E-state index contributed by atoms with van der Waals surface area (Å²) in [6, 6.07) is 11.0. The summed E-state index contributed by atoms with van der Waals surface area (Å²) in [7, 11) is 2.51. The van der Waals surface area contributed by atoms with Gasteiger partial charge in [0.1, 0.15) is 5.56 Å². The molecule has 0 atom stereocenters. The van der Waals surface area contributed by atoms with Crippen LogP contribution in [-0.2, 0) is 9.47 Å². The maximum Gasteiger partial charge on any atom is 0.357 e. The van der Waals surface area contributed by atoms with Gasteiger partial charge in [-0.3, -0.25) is 0 Å². The second-order valence-electron chi connectivity index (χ2n) is 4.38. The summed E-state index contributed by atoms with van der Waals surface area (Å²) in [5, 5.41) is 0. The first-order chi connectivity index (χ1) is 10.1. The van der Waals surface area contributed by atoms with E-state index in [1.165, 1.54) is 14.2 Å². The van der Waals surface area contributed by atoms with Gasteiger partial charge >= 0.3 is 11.9 Å². The number of benzene rings is 1. The quantitative estimate of drug-likeness (QED) is 0.811. The average Bonchev–Trinajstić information content (AvgIpc) is 2.53. The van der Waals surface area contributed by atoms with Crippen molar-refractivity contribution in [3.05, 3.63) is 53.3 Å². The number of hydrogen-bond acceptors (Lipinski definition) is 5. The van der Waals surface area contributed by atoms with Gasteiger partial charge in [-0.1, -0.05) is 30.3 Å². The van der Waals surface area contributed by atoms with Crippen molar-refractivity contribution in [3.63, 3.8) is 0 Å². The molecule has 0 saturated heterocycles. The maximum absolute atomic E-state index is 12.1. The van der Waals surface area contributed by atoms with Crippen molar-refractivity contribution < 1.29 is 19.1 Å². The normalized spacial score (nSPS) is 10.0. The van der Waals surface area contributed by atoms with Gasteiger partial charge < -0.3 is 9.47 Å². The van der Waals surface area contributed by atoms with E-state index in [4.69, 9.17) is 9.47 Å². The molecule has 1 aromatic carbocycles. The Hall–Kier alpha value is -2.69. The van der Waals surface area contributed by atoms with E-state index in [-0.39, 0.29) is 11.3 Å². The summed E-state index contributed by atoms with van der Waals surface area (Å²) in [4.78, 5) is 28.1. The number of ether oxygens (including phenoxy) is 2. The molecule has 21 heavy (non-hydrogen) atoms. The number of hydrogen-bond donors (Lipinski definition) is 0. The van der Waals surface area contributed by atoms with Gasteiger partial charge in [-0.25, -0.2) is 14.6 Å². The second kappa shape index (κ2) is 6.17. The van der Waals surface area contributed by atoms with Crippen molar-refractivity contribution in [1.29, 1.82) is 0 Å². The van der Waals surface area contributed by atoms with Gasteiger partial charge in [0, 0.05) is 11.3 Å². The molecule has 2 rings (SSSR count). The highest BCUT2D eigenvalue weighted by atomic mass is 16.5. The number of aromatic nitrogens is 1. The zero-order valence-electron chi connectivity index (χ0n) is 12.0. The smallest absolute Gasteiger partial charge is 0.357 e. The van der Waals surface area contributed by atoms with Gasteiger partial charge in [0.15, 0.2) is 5.69 Å². The summed E-state index contributed by atoms with van der Waals surface area (Å²) >= 11 is 0. The van der Waals surface area contributed by atoms with Crippen LogP contribution in [0.3, 0.4) is 0 Å². The zero-order valence-corrected chi connectivity index (χ0v) is 12.0. The Balaban J connectivity index is 2.77. The van der Waals surface area contributed by atoms with Crippen molar-refractivity contribution in [3.8, 4) is 11.1 Å². The molecule has 0 saturated carbocycles. The lowest BCUT2D eigenvalue weighted by atomic mass is 9.98. The van der Waals surface area contributed by atoms with E-state index < -0.39 is 11.9 Å². The average molecular weight is 285 g/mol. The van der Waals surface area contributed by atoms with Crippen molar-refractivity contribution in [1.82, 2.24) is 4.98 Å². The number of nitrogens with zero attached hydrogens (tertiary/aromatic N) is 1. The summed E-state index contributed by atoms with van der Waals surface area (Å²) < 4.78 is 9.50. The molecule has 0 N–H and O–H groups in total. The molecular formula is C16H15NO4. The molecule has 2 aromatic rings. The van der Waals surface area contributed by atoms with Crippen LogP contribution in [0, 0.1) is 6.92 Å². The Morgan fingerprint density at radius 2 is 1.62 bits per heavy atom. The van der Waals surface area contributed by atoms with Crippen LogP contribution in [-0.4, -0.2) is 31.1 Å². The SMILES string of the molecule is COC(=O)c1nc(C)cc(-c2ccccc2)c1C(=O)OC. The van der Waals surface area contributed by atoms with Crippen LogP contribution in [0.2, 0.25) is 0 Å². The number of carbonyl (C=O) groups is 2. The fourth-order valence-electron chi connectivity index (χ4n) is 2.07. The largest absolute Gasteiger partial charge is 0.465 e. The van der Waals surface area contributed by atoms with Gasteiger partial charge in [-0.2, -0.15) is 0 Å². The number of aryl methyl sites for hydroxylation is 1. The van der Waals surface area contributed by atoms with Crippen molar-refractivity contribution in [2.75, 3.05) is 14.2 Å². The van der Waals surface area contributed by atoms with Gasteiger partial charge in [-0.15, -0.1) is 0 Å². The third kappa shape index (κ3) is 2.91. The number of esters is 2. The Morgan fingerprint density at radius 1 is 1.00 bits per heavy atom. The molecular weight excluding hydrogens is 270 g/mol. The molecule has 0 spiro atoms. The highest BCUT2D eigenvalue weighted by Gasteiger charge is 2.25. The number of methoxy groups -OCH3 is 2. The molecule has 0 bridgehead atoms. The number of pyridine rings is 1. The van der Waals surface area contributed by atoms with Crippen molar-refractivity contribution >= 4 is 11.9 Å². The fraction of sp³-hybridized carbons (Fsp3) is 0.188. The van der Waals surface area contributed by atoms with Crippen molar-refractivity contribution in [2.24, 2.45) is 0 Å². The molecule has 1 aromatic heterocycles. The first-order valence-electron chi connectivity index (χ1n) is 6.32. The predicted molar refractivity (Wildman–Crippen MR) is 77.1 cm³/mol. The maximum atomic E-state index is 12.1. The molecule has 0 aliphatic heterocycles. The Kier molecular flexibility index (Phi) is 4.33. The summed E-state index contributed by atoms with van der Waals surface area (Å²) in [6.45, 7) is 1.75. The highest BCUT2D eigenvalue weighted by molar-refractivity contribution is 6.06. The topological polar surface area (TPSA) is 65.5 Å². The van der Waals surface area contributed by atoms with E-state index in [2.05, 4.69) is 4.98 Å². The van der Waals surface area contributed by atoms with E-state index >= 15 is 0 Å². The lowest BCUT2D eigenvalue weighted by Gasteiger charge is -2.12. The van der Waals surface area contributed by atoms with E-state index in [1.54, 1.807) is 13.0 Å². The van der Waals surface area contributed by atoms with Crippen LogP contribution in [0.4, 0.5) is 0 Å². The van der Waals surface area contributed by atoms with Gasteiger partial charge in [0.05, 0.1) is 14.2 Å². The van der Waals surface area contributed by atoms with E-state index in [1.807, 2.05) is 30.3 Å². The molecule has 0 fully saturated rings. The summed E-state index contributed by atoms with van der Waals surface area (Å²) in [6.07, 6.45) is 0. The predicted octanol–water partition coefficient (Wildman–Crippen LogP) is 2.63. The second-order valence-corrected chi connectivity index (χ2v) is 4.38. The summed E-state index contributed by atoms with van der Waals surface area (Å²) in [5.74, 6) is -1.29. The molecule has 0 aliphatic rings. The summed E-state index contributed by atoms with van der Waals surface area (Å²) in [5.41, 5.74) is 2.08. The molecule has 1 heterocycles. The van der Waals surface area contributed by atoms with Crippen LogP contribution in [0.1, 0.15) is 26.5 Å². The highest BCUT2D eigenvalue weighted by Crippen LogP contribution is 2.27. The van der Waals surface area contributed by atoms with Crippen molar-refractivity contribution in [2.45, 2.75) is 6.92 Å². The minimum atomic E-state index is -0.670. The van der Waals surface area contributed by atoms with Gasteiger partial charge in [0.2, 0.25) is 0 Å². The molecule has 5 nitrogen and oxygen atoms in total. The molecule has 0 aliphatic carbocycles. The molecule has 0 radical (unpaired) electrons. The van der Waals surface area contributed by atoms with Crippen LogP contribution < -0.4 is 0 Å². The Morgan fingerprint density at radius 3 is 2.19 bits per heavy atom. The third-order valence-electron chi connectivity index (χ3n) is 3.00. The van der Waals surface area contributed by atoms with Crippen LogP contribution in [0.25, 0.3) is 11.1 Å². The molecule has 5 heteroatoms. The van der Waals surface area contributed by atoms with Gasteiger partial charge in [-0.05, 0) is 18.6 Å². The van der Waals surface area contributed by atoms with E-state index in [0.29, 0.717) is 11.3 Å². The number of carbonyl (C=O) groups excluding carboxylic acids is 2. The van der Waals surface area contributed by atoms with Crippen LogP contribution >= 0.6 is 0 Å². The first kappa shape index (κ1) is 14.7. The lowest BCUT2D eigenvalue weighted by Crippen LogP contribution is -2.16. The number of rotatable bonds is 3. The zero-order chi connectivity index (χ0) is 15.4. The first-order valence-corrected chi connectivity index (χ1v) is 6.32. The third-order valence-corrected chi connectivity index (χ3v) is 3.00. The van der Waals surface area contributed by atoms with Crippen LogP contribution in [0.5, 0.6) is 0 Å². The molecule has 0 amide bonds. The molecule has 108 valence electrons. The minimum Gasteiger partial charge on any atom is -0.465 e. The lowest BCUT2D eigenvalue weighted by molar-refractivity contribution is 0.0550. The monoisotopic (exact) mass is 285 g/mol. The van der Waals surface area contributed by atoms with E-state index in [9.17, 15) is 9.59 Å². The van der Waals surface area contributed by atoms with E-state index in [0.717, 1.165) is 5.56 Å². The van der Waals surface area contributed by atoms with Crippen LogP contribution in [0.15, 0.2) is 36.4 Å². The van der Waals surface area contributed by atoms with Gasteiger partial charge in [0.25, 0.3) is 0 Å². The minimum absolute atomic E-state index is 0.0387.